The van der Waals surface area contributed by atoms with Gasteiger partial charge in [-0.15, -0.1) is 0 Å². The van der Waals surface area contributed by atoms with Crippen LogP contribution in [0.15, 0.2) is 12.1 Å². The maximum atomic E-state index is 13.9. The van der Waals surface area contributed by atoms with Gasteiger partial charge in [-0.25, -0.2) is 9.18 Å². The predicted molar refractivity (Wildman–Crippen MR) is 73.1 cm³/mol. The van der Waals surface area contributed by atoms with Crippen LogP contribution >= 0.6 is 0 Å². The van der Waals surface area contributed by atoms with Gasteiger partial charge in [-0.2, -0.15) is 4.39 Å². The van der Waals surface area contributed by atoms with Crippen LogP contribution in [0.3, 0.4) is 0 Å². The third kappa shape index (κ3) is 2.91. The predicted octanol–water partition coefficient (Wildman–Crippen LogP) is 2.34. The van der Waals surface area contributed by atoms with Gasteiger partial charge < -0.3 is 19.3 Å². The van der Waals surface area contributed by atoms with E-state index < -0.39 is 35.2 Å². The van der Waals surface area contributed by atoms with Crippen molar-refractivity contribution < 1.29 is 32.9 Å². The average molecular weight is 316 g/mol. The number of carboxylic acids is 1. The molecule has 1 heterocycles. The third-order valence-electron chi connectivity index (χ3n) is 3.81. The van der Waals surface area contributed by atoms with Crippen LogP contribution in [0.4, 0.5) is 8.78 Å². The number of ether oxygens (including phenoxy) is 3. The van der Waals surface area contributed by atoms with Gasteiger partial charge in [0.15, 0.2) is 17.7 Å². The van der Waals surface area contributed by atoms with Crippen LogP contribution in [-0.2, 0) is 14.3 Å². The molecule has 0 amide bonds. The molecule has 0 aromatic heterocycles. The molecule has 122 valence electrons. The average Bonchev–Trinajstić information content (AvgIpc) is 2.80. The number of carboxylic acid groups (broad SMARTS) is 1. The first-order valence-electron chi connectivity index (χ1n) is 6.74. The smallest absolute Gasteiger partial charge is 0.333 e. The van der Waals surface area contributed by atoms with Crippen molar-refractivity contribution in [2.24, 2.45) is 0 Å². The molecule has 1 saturated heterocycles. The van der Waals surface area contributed by atoms with E-state index in [4.69, 9.17) is 14.2 Å². The zero-order chi connectivity index (χ0) is 16.5. The monoisotopic (exact) mass is 316 g/mol. The summed E-state index contributed by atoms with van der Waals surface area (Å²) < 4.78 is 42.8. The molecule has 7 heteroatoms. The van der Waals surface area contributed by atoms with Crippen LogP contribution in [0.5, 0.6) is 5.75 Å². The van der Waals surface area contributed by atoms with Gasteiger partial charge in [0.1, 0.15) is 0 Å². The first-order chi connectivity index (χ1) is 10.3. The highest BCUT2D eigenvalue weighted by molar-refractivity contribution is 5.75. The molecule has 22 heavy (non-hydrogen) atoms. The fourth-order valence-electron chi connectivity index (χ4n) is 2.95. The molecular weight excluding hydrogens is 298 g/mol. The number of hydrogen-bond donors (Lipinski definition) is 1. The molecular formula is C15H18F2O5. The molecule has 1 aliphatic heterocycles. The van der Waals surface area contributed by atoms with Gasteiger partial charge in [0, 0.05) is 18.6 Å². The molecule has 1 aromatic rings. The molecule has 0 bridgehead atoms. The second-order valence-corrected chi connectivity index (χ2v) is 5.55. The molecule has 0 saturated carbocycles. The lowest BCUT2D eigenvalue weighted by molar-refractivity contribution is -0.156. The van der Waals surface area contributed by atoms with Crippen LogP contribution in [-0.4, -0.2) is 43.6 Å². The van der Waals surface area contributed by atoms with Gasteiger partial charge in [-0.1, -0.05) is 6.07 Å². The lowest BCUT2D eigenvalue weighted by Crippen LogP contribution is -2.32. The SMILES string of the molecule is COCC1(C)C[C@@H](c2ccc(F)c(F)c2OC)[C@H](C(=O)O)O1. The van der Waals surface area contributed by atoms with Crippen LogP contribution in [0.1, 0.15) is 24.8 Å². The second kappa shape index (κ2) is 6.18. The van der Waals surface area contributed by atoms with Gasteiger partial charge in [-0.3, -0.25) is 0 Å². The van der Waals surface area contributed by atoms with E-state index in [9.17, 15) is 18.7 Å². The zero-order valence-electron chi connectivity index (χ0n) is 12.6. The first kappa shape index (κ1) is 16.6. The minimum Gasteiger partial charge on any atom is -0.493 e. The largest absolute Gasteiger partial charge is 0.493 e. The number of methoxy groups -OCH3 is 2. The molecule has 3 atom stereocenters. The van der Waals surface area contributed by atoms with Crippen molar-refractivity contribution in [3.05, 3.63) is 29.3 Å². The standard InChI is InChI=1S/C15H18F2O5/c1-15(7-20-2)6-9(13(22-15)14(18)19)8-4-5-10(16)11(17)12(8)21-3/h4-5,9,13H,6-7H2,1-3H3,(H,18,19)/t9-,13+,15?/m0/s1. The summed E-state index contributed by atoms with van der Waals surface area (Å²) in [6, 6.07) is 2.29. The molecule has 1 fully saturated rings. The Morgan fingerprint density at radius 3 is 2.68 bits per heavy atom. The van der Waals surface area contributed by atoms with Crippen molar-refractivity contribution >= 4 is 5.97 Å². The van der Waals surface area contributed by atoms with Crippen LogP contribution in [0.2, 0.25) is 0 Å². The van der Waals surface area contributed by atoms with Gasteiger partial charge in [-0.05, 0) is 19.4 Å². The van der Waals surface area contributed by atoms with Crippen molar-refractivity contribution in [3.8, 4) is 5.75 Å². The minimum atomic E-state index is -1.18. The lowest BCUT2D eigenvalue weighted by Gasteiger charge is -2.22. The minimum absolute atomic E-state index is 0.194. The second-order valence-electron chi connectivity index (χ2n) is 5.55. The molecule has 1 aromatic carbocycles. The Labute approximate surface area is 126 Å². The summed E-state index contributed by atoms with van der Waals surface area (Å²) in [5.41, 5.74) is -0.549. The van der Waals surface area contributed by atoms with Gasteiger partial charge in [0.2, 0.25) is 5.82 Å². The topological polar surface area (TPSA) is 65.0 Å². The molecule has 2 rings (SSSR count). The van der Waals surface area contributed by atoms with Crippen molar-refractivity contribution in [1.82, 2.24) is 0 Å². The van der Waals surface area contributed by atoms with Crippen LogP contribution in [0, 0.1) is 11.6 Å². The zero-order valence-corrected chi connectivity index (χ0v) is 12.6. The van der Waals surface area contributed by atoms with Gasteiger partial charge >= 0.3 is 5.97 Å². The summed E-state index contributed by atoms with van der Waals surface area (Å²) in [7, 11) is 2.69. The lowest BCUT2D eigenvalue weighted by atomic mass is 9.86. The maximum absolute atomic E-state index is 13.9. The molecule has 0 aliphatic carbocycles. The van der Waals surface area contributed by atoms with Crippen molar-refractivity contribution in [2.75, 3.05) is 20.8 Å². The molecule has 0 radical (unpaired) electrons. The van der Waals surface area contributed by atoms with Gasteiger partial charge in [0.05, 0.1) is 19.3 Å². The Morgan fingerprint density at radius 1 is 1.45 bits per heavy atom. The highest BCUT2D eigenvalue weighted by Gasteiger charge is 2.48. The van der Waals surface area contributed by atoms with E-state index in [0.29, 0.717) is 6.42 Å². The number of halogens is 2. The van der Waals surface area contributed by atoms with Gasteiger partial charge in [0.25, 0.3) is 0 Å². The van der Waals surface area contributed by atoms with E-state index in [1.807, 2.05) is 0 Å². The summed E-state index contributed by atoms with van der Waals surface area (Å²) >= 11 is 0. The van der Waals surface area contributed by atoms with E-state index in [2.05, 4.69) is 0 Å². The Kier molecular flexibility index (Phi) is 4.67. The molecule has 0 spiro atoms. The summed E-state index contributed by atoms with van der Waals surface area (Å²) in [5.74, 6) is -4.31. The first-order valence-corrected chi connectivity index (χ1v) is 6.74. The summed E-state index contributed by atoms with van der Waals surface area (Å²) in [5, 5.41) is 9.36. The quantitative estimate of drug-likeness (QED) is 0.903. The van der Waals surface area contributed by atoms with E-state index in [1.165, 1.54) is 20.3 Å². The molecule has 1 N–H and O–H groups in total. The Hall–Kier alpha value is -1.73. The van der Waals surface area contributed by atoms with E-state index in [1.54, 1.807) is 6.92 Å². The number of benzene rings is 1. The third-order valence-corrected chi connectivity index (χ3v) is 3.81. The van der Waals surface area contributed by atoms with Crippen molar-refractivity contribution in [3.63, 3.8) is 0 Å². The fourth-order valence-corrected chi connectivity index (χ4v) is 2.95. The number of rotatable bonds is 5. The highest BCUT2D eigenvalue weighted by atomic mass is 19.2. The van der Waals surface area contributed by atoms with Crippen LogP contribution < -0.4 is 4.74 Å². The van der Waals surface area contributed by atoms with E-state index >= 15 is 0 Å². The molecule has 5 nitrogen and oxygen atoms in total. The highest BCUT2D eigenvalue weighted by Crippen LogP contribution is 2.45. The Morgan fingerprint density at radius 2 is 2.14 bits per heavy atom. The fraction of sp³-hybridized carbons (Fsp3) is 0.533. The number of carbonyl (C=O) groups is 1. The Balaban J connectivity index is 2.46. The normalized spacial score (nSPS) is 27.9. The van der Waals surface area contributed by atoms with Crippen LogP contribution in [0.25, 0.3) is 0 Å². The summed E-state index contributed by atoms with van der Waals surface area (Å²) in [6.07, 6.45) is -0.891. The summed E-state index contributed by atoms with van der Waals surface area (Å²) in [6.45, 7) is 1.91. The number of hydrogen-bond acceptors (Lipinski definition) is 4. The van der Waals surface area contributed by atoms with Crippen molar-refractivity contribution in [2.45, 2.75) is 31.0 Å². The maximum Gasteiger partial charge on any atom is 0.333 e. The van der Waals surface area contributed by atoms with E-state index in [0.717, 1.165) is 6.07 Å². The van der Waals surface area contributed by atoms with E-state index in [-0.39, 0.29) is 17.9 Å². The Bertz CT molecular complexity index is 577. The van der Waals surface area contributed by atoms with Crippen molar-refractivity contribution in [1.29, 1.82) is 0 Å². The summed E-state index contributed by atoms with van der Waals surface area (Å²) in [4.78, 5) is 11.5. The number of aliphatic carboxylic acids is 1. The molecule has 1 unspecified atom stereocenters. The molecule has 1 aliphatic rings.